The van der Waals surface area contributed by atoms with Crippen molar-refractivity contribution in [1.82, 2.24) is 15.1 Å². The minimum atomic E-state index is 0.729. The number of hydrogen-bond acceptors (Lipinski definition) is 2. The molecule has 0 bridgehead atoms. The summed E-state index contributed by atoms with van der Waals surface area (Å²) in [6, 6.07) is 2.80. The van der Waals surface area contributed by atoms with E-state index in [1.54, 1.807) is 0 Å². The summed E-state index contributed by atoms with van der Waals surface area (Å²) >= 11 is 0. The van der Waals surface area contributed by atoms with Crippen molar-refractivity contribution in [3.8, 4) is 0 Å². The highest BCUT2D eigenvalue weighted by molar-refractivity contribution is 5.00. The summed E-state index contributed by atoms with van der Waals surface area (Å²) in [6.45, 7) is 5.59. The van der Waals surface area contributed by atoms with Crippen molar-refractivity contribution in [3.05, 3.63) is 18.0 Å². The minimum Gasteiger partial charge on any atom is -0.308 e. The Morgan fingerprint density at radius 3 is 2.80 bits per heavy atom. The molecule has 0 radical (unpaired) electrons. The Hall–Kier alpha value is -0.830. The Labute approximate surface area is 91.9 Å². The van der Waals surface area contributed by atoms with Crippen LogP contribution < -0.4 is 5.32 Å². The van der Waals surface area contributed by atoms with Gasteiger partial charge in [-0.05, 0) is 30.7 Å². The molecule has 15 heavy (non-hydrogen) atoms. The molecule has 1 aliphatic carbocycles. The molecule has 1 heterocycles. The smallest absolute Gasteiger partial charge is 0.0518 e. The molecule has 0 atom stereocenters. The Kier molecular flexibility index (Phi) is 3.10. The molecule has 3 nitrogen and oxygen atoms in total. The SMILES string of the molecule is CC(C)C1CC(NCc2ccnn2C)C1. The van der Waals surface area contributed by atoms with Gasteiger partial charge in [-0.25, -0.2) is 0 Å². The molecule has 1 aromatic heterocycles. The van der Waals surface area contributed by atoms with Crippen LogP contribution in [0.1, 0.15) is 32.4 Å². The van der Waals surface area contributed by atoms with Gasteiger partial charge in [0, 0.05) is 25.8 Å². The summed E-state index contributed by atoms with van der Waals surface area (Å²) in [5, 5.41) is 7.74. The van der Waals surface area contributed by atoms with E-state index >= 15 is 0 Å². The average Bonchev–Trinajstić information content (AvgIpc) is 2.48. The van der Waals surface area contributed by atoms with Crippen LogP contribution in [0.2, 0.25) is 0 Å². The Balaban J connectivity index is 1.71. The van der Waals surface area contributed by atoms with Gasteiger partial charge in [0.2, 0.25) is 0 Å². The van der Waals surface area contributed by atoms with E-state index in [1.807, 2.05) is 17.9 Å². The first kappa shape index (κ1) is 10.7. The van der Waals surface area contributed by atoms with Gasteiger partial charge in [0.1, 0.15) is 0 Å². The summed E-state index contributed by atoms with van der Waals surface area (Å²) < 4.78 is 1.94. The summed E-state index contributed by atoms with van der Waals surface area (Å²) in [4.78, 5) is 0. The monoisotopic (exact) mass is 207 g/mol. The Morgan fingerprint density at radius 2 is 2.27 bits per heavy atom. The zero-order chi connectivity index (χ0) is 10.8. The molecule has 0 aliphatic heterocycles. The molecule has 0 unspecified atom stereocenters. The summed E-state index contributed by atoms with van der Waals surface area (Å²) in [6.07, 6.45) is 4.54. The molecule has 84 valence electrons. The van der Waals surface area contributed by atoms with Crippen LogP contribution in [-0.4, -0.2) is 15.8 Å². The van der Waals surface area contributed by atoms with Crippen LogP contribution in [0.15, 0.2) is 12.3 Å². The molecule has 1 aliphatic rings. The lowest BCUT2D eigenvalue weighted by atomic mass is 9.74. The van der Waals surface area contributed by atoms with E-state index in [1.165, 1.54) is 18.5 Å². The Morgan fingerprint density at radius 1 is 1.53 bits per heavy atom. The normalized spacial score (nSPS) is 25.6. The second-order valence-corrected chi connectivity index (χ2v) is 5.00. The molecular weight excluding hydrogens is 186 g/mol. The van der Waals surface area contributed by atoms with Crippen molar-refractivity contribution in [2.45, 2.75) is 39.3 Å². The third-order valence-electron chi connectivity index (χ3n) is 3.61. The fourth-order valence-electron chi connectivity index (χ4n) is 2.20. The first-order valence-electron chi connectivity index (χ1n) is 5.87. The summed E-state index contributed by atoms with van der Waals surface area (Å²) in [7, 11) is 1.99. The van der Waals surface area contributed by atoms with Gasteiger partial charge in [0.05, 0.1) is 5.69 Å². The lowest BCUT2D eigenvalue weighted by molar-refractivity contribution is 0.167. The quantitative estimate of drug-likeness (QED) is 0.817. The van der Waals surface area contributed by atoms with Gasteiger partial charge in [-0.1, -0.05) is 13.8 Å². The predicted molar refractivity (Wildman–Crippen MR) is 61.4 cm³/mol. The standard InChI is InChI=1S/C12H21N3/c1-9(2)10-6-11(7-10)13-8-12-4-5-14-15(12)3/h4-5,9-11,13H,6-8H2,1-3H3. The van der Waals surface area contributed by atoms with Crippen molar-refractivity contribution in [3.63, 3.8) is 0 Å². The van der Waals surface area contributed by atoms with E-state index in [0.29, 0.717) is 0 Å². The number of hydrogen-bond donors (Lipinski definition) is 1. The highest BCUT2D eigenvalue weighted by atomic mass is 15.3. The zero-order valence-corrected chi connectivity index (χ0v) is 9.90. The van der Waals surface area contributed by atoms with Crippen molar-refractivity contribution >= 4 is 0 Å². The maximum atomic E-state index is 4.16. The molecule has 0 spiro atoms. The van der Waals surface area contributed by atoms with Gasteiger partial charge < -0.3 is 5.32 Å². The molecule has 0 aromatic carbocycles. The van der Waals surface area contributed by atoms with Crippen LogP contribution in [0.25, 0.3) is 0 Å². The summed E-state index contributed by atoms with van der Waals surface area (Å²) in [5.74, 6) is 1.79. The molecular formula is C12H21N3. The minimum absolute atomic E-state index is 0.729. The average molecular weight is 207 g/mol. The number of aromatic nitrogens is 2. The van der Waals surface area contributed by atoms with E-state index in [2.05, 4.69) is 30.3 Å². The van der Waals surface area contributed by atoms with Crippen LogP contribution in [0.3, 0.4) is 0 Å². The van der Waals surface area contributed by atoms with Gasteiger partial charge in [-0.3, -0.25) is 4.68 Å². The summed E-state index contributed by atoms with van der Waals surface area (Å²) in [5.41, 5.74) is 1.27. The molecule has 1 saturated carbocycles. The topological polar surface area (TPSA) is 29.9 Å². The maximum Gasteiger partial charge on any atom is 0.0518 e. The lowest BCUT2D eigenvalue weighted by Gasteiger charge is -2.38. The number of aryl methyl sites for hydroxylation is 1. The van der Waals surface area contributed by atoms with E-state index in [4.69, 9.17) is 0 Å². The molecule has 0 amide bonds. The van der Waals surface area contributed by atoms with Crippen LogP contribution in [0, 0.1) is 11.8 Å². The van der Waals surface area contributed by atoms with Gasteiger partial charge >= 0.3 is 0 Å². The highest BCUT2D eigenvalue weighted by Gasteiger charge is 2.30. The van der Waals surface area contributed by atoms with Crippen LogP contribution in [0.5, 0.6) is 0 Å². The van der Waals surface area contributed by atoms with Crippen LogP contribution in [0.4, 0.5) is 0 Å². The fraction of sp³-hybridized carbons (Fsp3) is 0.750. The van der Waals surface area contributed by atoms with E-state index in [9.17, 15) is 0 Å². The predicted octanol–water partition coefficient (Wildman–Crippen LogP) is 1.94. The zero-order valence-electron chi connectivity index (χ0n) is 9.90. The van der Waals surface area contributed by atoms with Gasteiger partial charge in [0.15, 0.2) is 0 Å². The van der Waals surface area contributed by atoms with Crippen LogP contribution >= 0.6 is 0 Å². The van der Waals surface area contributed by atoms with Gasteiger partial charge in [-0.15, -0.1) is 0 Å². The highest BCUT2D eigenvalue weighted by Crippen LogP contribution is 2.33. The third kappa shape index (κ3) is 2.40. The van der Waals surface area contributed by atoms with Gasteiger partial charge in [0.25, 0.3) is 0 Å². The molecule has 2 rings (SSSR count). The van der Waals surface area contributed by atoms with E-state index in [0.717, 1.165) is 24.4 Å². The molecule has 1 fully saturated rings. The largest absolute Gasteiger partial charge is 0.308 e. The van der Waals surface area contributed by atoms with Crippen molar-refractivity contribution in [2.75, 3.05) is 0 Å². The van der Waals surface area contributed by atoms with Crippen molar-refractivity contribution in [2.24, 2.45) is 18.9 Å². The second kappa shape index (κ2) is 4.35. The maximum absolute atomic E-state index is 4.16. The molecule has 3 heteroatoms. The molecule has 0 saturated heterocycles. The lowest BCUT2D eigenvalue weighted by Crippen LogP contribution is -2.42. The first-order chi connectivity index (χ1) is 7.16. The Bertz CT molecular complexity index is 310. The van der Waals surface area contributed by atoms with Crippen LogP contribution in [-0.2, 0) is 13.6 Å². The van der Waals surface area contributed by atoms with Crippen molar-refractivity contribution in [1.29, 1.82) is 0 Å². The molecule has 1 N–H and O–H groups in total. The fourth-order valence-corrected chi connectivity index (χ4v) is 2.20. The second-order valence-electron chi connectivity index (χ2n) is 5.00. The third-order valence-corrected chi connectivity index (χ3v) is 3.61. The number of nitrogens with zero attached hydrogens (tertiary/aromatic N) is 2. The number of rotatable bonds is 4. The van der Waals surface area contributed by atoms with E-state index < -0.39 is 0 Å². The van der Waals surface area contributed by atoms with Gasteiger partial charge in [-0.2, -0.15) is 5.10 Å². The van der Waals surface area contributed by atoms with E-state index in [-0.39, 0.29) is 0 Å². The van der Waals surface area contributed by atoms with Crippen molar-refractivity contribution < 1.29 is 0 Å². The number of nitrogens with one attached hydrogen (secondary N) is 1. The molecule has 1 aromatic rings. The first-order valence-corrected chi connectivity index (χ1v) is 5.87.